The van der Waals surface area contributed by atoms with E-state index in [1.165, 1.54) is 0 Å². The number of nitrogens with one attached hydrogen (secondary N) is 1. The van der Waals surface area contributed by atoms with E-state index in [2.05, 4.69) is 10.3 Å². The summed E-state index contributed by atoms with van der Waals surface area (Å²) in [6.45, 7) is 2.48. The number of nitrogens with zero attached hydrogens (tertiary/aromatic N) is 1. The van der Waals surface area contributed by atoms with Crippen molar-refractivity contribution in [2.24, 2.45) is 0 Å². The van der Waals surface area contributed by atoms with Crippen molar-refractivity contribution < 1.29 is 4.74 Å². The summed E-state index contributed by atoms with van der Waals surface area (Å²) in [6.07, 6.45) is 1.80. The molecule has 1 aromatic carbocycles. The number of anilines is 1. The number of aromatic nitrogens is 1. The lowest BCUT2D eigenvalue weighted by Crippen LogP contribution is -1.99. The maximum Gasteiger partial charge on any atom is 0.125 e. The van der Waals surface area contributed by atoms with Crippen molar-refractivity contribution in [3.05, 3.63) is 52.7 Å². The monoisotopic (exact) mass is 262 g/mol. The molecule has 2 aromatic rings. The van der Waals surface area contributed by atoms with Gasteiger partial charge in [0.1, 0.15) is 18.2 Å². The molecular weight excluding hydrogens is 248 g/mol. The fourth-order valence-corrected chi connectivity index (χ4v) is 1.82. The second-order valence-electron chi connectivity index (χ2n) is 4.00. The molecule has 1 N–H and O–H groups in total. The predicted octanol–water partition coefficient (Wildman–Crippen LogP) is 3.66. The van der Waals surface area contributed by atoms with Crippen LogP contribution < -0.4 is 10.1 Å². The van der Waals surface area contributed by atoms with Crippen LogP contribution in [0.3, 0.4) is 0 Å². The number of rotatable bonds is 4. The molecule has 0 atom stereocenters. The van der Waals surface area contributed by atoms with Gasteiger partial charge in [-0.15, -0.1) is 0 Å². The Morgan fingerprint density at radius 1 is 1.28 bits per heavy atom. The summed E-state index contributed by atoms with van der Waals surface area (Å²) in [7, 11) is 1.84. The summed E-state index contributed by atoms with van der Waals surface area (Å²) >= 11 is 5.89. The van der Waals surface area contributed by atoms with Crippen LogP contribution in [-0.2, 0) is 6.61 Å². The number of hydrogen-bond acceptors (Lipinski definition) is 3. The molecule has 18 heavy (non-hydrogen) atoms. The summed E-state index contributed by atoms with van der Waals surface area (Å²) in [4.78, 5) is 4.23. The largest absolute Gasteiger partial charge is 0.489 e. The second kappa shape index (κ2) is 5.74. The molecule has 0 radical (unpaired) electrons. The van der Waals surface area contributed by atoms with Crippen LogP contribution in [0.5, 0.6) is 5.75 Å². The third kappa shape index (κ3) is 3.14. The number of hydrogen-bond donors (Lipinski definition) is 1. The molecule has 0 saturated carbocycles. The van der Waals surface area contributed by atoms with Crippen LogP contribution in [0.4, 0.5) is 5.82 Å². The standard InChI is InChI=1S/C14H15ClN2O/c1-10-7-12(15)4-5-13(10)18-9-11-3-6-14(16-2)17-8-11/h3-8H,9H2,1-2H3,(H,16,17). The molecule has 0 bridgehead atoms. The van der Waals surface area contributed by atoms with Gasteiger partial charge in [-0.25, -0.2) is 4.98 Å². The highest BCUT2D eigenvalue weighted by atomic mass is 35.5. The zero-order valence-corrected chi connectivity index (χ0v) is 11.2. The van der Waals surface area contributed by atoms with Crippen LogP contribution >= 0.6 is 11.6 Å². The van der Waals surface area contributed by atoms with E-state index in [0.717, 1.165) is 27.7 Å². The number of pyridine rings is 1. The first-order chi connectivity index (χ1) is 8.69. The molecule has 0 aliphatic carbocycles. The van der Waals surface area contributed by atoms with Crippen molar-refractivity contribution in [3.8, 4) is 5.75 Å². The average molecular weight is 263 g/mol. The zero-order chi connectivity index (χ0) is 13.0. The van der Waals surface area contributed by atoms with Crippen molar-refractivity contribution in [1.29, 1.82) is 0 Å². The summed E-state index contributed by atoms with van der Waals surface area (Å²) in [6, 6.07) is 9.51. The maximum atomic E-state index is 5.89. The summed E-state index contributed by atoms with van der Waals surface area (Å²) < 4.78 is 5.73. The molecule has 0 saturated heterocycles. The molecule has 1 heterocycles. The van der Waals surface area contributed by atoms with Crippen molar-refractivity contribution in [2.45, 2.75) is 13.5 Å². The topological polar surface area (TPSA) is 34.1 Å². The Balaban J connectivity index is 2.02. The summed E-state index contributed by atoms with van der Waals surface area (Å²) in [5.41, 5.74) is 2.06. The Labute approximate surface area is 112 Å². The minimum atomic E-state index is 0.499. The smallest absolute Gasteiger partial charge is 0.125 e. The van der Waals surface area contributed by atoms with E-state index in [0.29, 0.717) is 6.61 Å². The SMILES string of the molecule is CNc1ccc(COc2ccc(Cl)cc2C)cn1. The number of aryl methyl sites for hydroxylation is 1. The fraction of sp³-hybridized carbons (Fsp3) is 0.214. The molecular formula is C14H15ClN2O. The second-order valence-corrected chi connectivity index (χ2v) is 4.44. The summed E-state index contributed by atoms with van der Waals surface area (Å²) in [5, 5.41) is 3.70. The first-order valence-corrected chi connectivity index (χ1v) is 6.08. The lowest BCUT2D eigenvalue weighted by Gasteiger charge is -2.09. The van der Waals surface area contributed by atoms with Gasteiger partial charge in [0, 0.05) is 23.8 Å². The third-order valence-corrected chi connectivity index (χ3v) is 2.85. The van der Waals surface area contributed by atoms with E-state index < -0.39 is 0 Å². The minimum absolute atomic E-state index is 0.499. The van der Waals surface area contributed by atoms with Crippen molar-refractivity contribution in [2.75, 3.05) is 12.4 Å². The van der Waals surface area contributed by atoms with E-state index in [1.807, 2.05) is 44.3 Å². The fourth-order valence-electron chi connectivity index (χ4n) is 1.59. The first kappa shape index (κ1) is 12.7. The first-order valence-electron chi connectivity index (χ1n) is 5.70. The molecule has 0 aliphatic rings. The van der Waals surface area contributed by atoms with Gasteiger partial charge in [-0.2, -0.15) is 0 Å². The molecule has 4 heteroatoms. The van der Waals surface area contributed by atoms with Crippen LogP contribution in [0, 0.1) is 6.92 Å². The van der Waals surface area contributed by atoms with Gasteiger partial charge in [0.25, 0.3) is 0 Å². The minimum Gasteiger partial charge on any atom is -0.489 e. The van der Waals surface area contributed by atoms with Gasteiger partial charge in [-0.1, -0.05) is 17.7 Å². The molecule has 0 aliphatic heterocycles. The molecule has 1 aromatic heterocycles. The average Bonchev–Trinajstić information content (AvgIpc) is 2.38. The molecule has 3 nitrogen and oxygen atoms in total. The van der Waals surface area contributed by atoms with Crippen molar-refractivity contribution in [3.63, 3.8) is 0 Å². The Kier molecular flexibility index (Phi) is 4.05. The molecule has 0 fully saturated rings. The Morgan fingerprint density at radius 3 is 2.72 bits per heavy atom. The van der Waals surface area contributed by atoms with Gasteiger partial charge in [-0.05, 0) is 36.8 Å². The molecule has 0 spiro atoms. The van der Waals surface area contributed by atoms with Crippen LogP contribution in [0.15, 0.2) is 36.5 Å². The van der Waals surface area contributed by atoms with Crippen LogP contribution in [-0.4, -0.2) is 12.0 Å². The highest BCUT2D eigenvalue weighted by Gasteiger charge is 2.01. The van der Waals surface area contributed by atoms with E-state index in [1.54, 1.807) is 6.20 Å². The Morgan fingerprint density at radius 2 is 2.11 bits per heavy atom. The lowest BCUT2D eigenvalue weighted by atomic mass is 10.2. The van der Waals surface area contributed by atoms with Crippen LogP contribution in [0.25, 0.3) is 0 Å². The van der Waals surface area contributed by atoms with Crippen molar-refractivity contribution >= 4 is 17.4 Å². The zero-order valence-electron chi connectivity index (χ0n) is 10.4. The third-order valence-electron chi connectivity index (χ3n) is 2.61. The quantitative estimate of drug-likeness (QED) is 0.913. The van der Waals surface area contributed by atoms with Gasteiger partial charge < -0.3 is 10.1 Å². The van der Waals surface area contributed by atoms with Gasteiger partial charge in [0.15, 0.2) is 0 Å². The number of ether oxygens (including phenoxy) is 1. The van der Waals surface area contributed by atoms with Gasteiger partial charge in [0.05, 0.1) is 0 Å². The van der Waals surface area contributed by atoms with E-state index in [9.17, 15) is 0 Å². The Bertz CT molecular complexity index is 526. The number of halogens is 1. The highest BCUT2D eigenvalue weighted by Crippen LogP contribution is 2.22. The van der Waals surface area contributed by atoms with Crippen LogP contribution in [0.1, 0.15) is 11.1 Å². The number of benzene rings is 1. The van der Waals surface area contributed by atoms with E-state index in [-0.39, 0.29) is 0 Å². The maximum absolute atomic E-state index is 5.89. The normalized spacial score (nSPS) is 10.2. The van der Waals surface area contributed by atoms with Crippen molar-refractivity contribution in [1.82, 2.24) is 4.98 Å². The summed E-state index contributed by atoms with van der Waals surface area (Å²) in [5.74, 6) is 1.69. The highest BCUT2D eigenvalue weighted by molar-refractivity contribution is 6.30. The molecule has 94 valence electrons. The van der Waals surface area contributed by atoms with E-state index in [4.69, 9.17) is 16.3 Å². The van der Waals surface area contributed by atoms with Gasteiger partial charge in [-0.3, -0.25) is 0 Å². The predicted molar refractivity (Wildman–Crippen MR) is 74.3 cm³/mol. The van der Waals surface area contributed by atoms with Gasteiger partial charge >= 0.3 is 0 Å². The molecule has 0 amide bonds. The Hall–Kier alpha value is -1.74. The molecule has 0 unspecified atom stereocenters. The van der Waals surface area contributed by atoms with E-state index >= 15 is 0 Å². The lowest BCUT2D eigenvalue weighted by molar-refractivity contribution is 0.303. The van der Waals surface area contributed by atoms with Crippen LogP contribution in [0.2, 0.25) is 5.02 Å². The molecule has 2 rings (SSSR count). The van der Waals surface area contributed by atoms with Gasteiger partial charge in [0.2, 0.25) is 0 Å².